The van der Waals surface area contributed by atoms with Gasteiger partial charge in [-0.2, -0.15) is 0 Å². The van der Waals surface area contributed by atoms with Crippen LogP contribution in [0.2, 0.25) is 0 Å². The highest BCUT2D eigenvalue weighted by molar-refractivity contribution is 5.92. The number of carbonyl (C=O) groups is 1. The molecule has 2 aromatic carbocycles. The van der Waals surface area contributed by atoms with E-state index in [9.17, 15) is 18.0 Å². The first-order valence-corrected chi connectivity index (χ1v) is 8.63. The second-order valence-corrected chi connectivity index (χ2v) is 6.43. The summed E-state index contributed by atoms with van der Waals surface area (Å²) in [6.07, 6.45) is 4.08. The highest BCUT2D eigenvalue weighted by atomic mass is 19.2. The average Bonchev–Trinajstić information content (AvgIpc) is 3.05. The van der Waals surface area contributed by atoms with Gasteiger partial charge in [-0.15, -0.1) is 0 Å². The summed E-state index contributed by atoms with van der Waals surface area (Å²) < 4.78 is 51.0. The van der Waals surface area contributed by atoms with E-state index in [1.807, 2.05) is 6.07 Å². The Bertz CT molecular complexity index is 1030. The quantitative estimate of drug-likeness (QED) is 0.670. The van der Waals surface area contributed by atoms with Crippen LogP contribution < -0.4 is 10.1 Å². The standard InChI is InChI=1S/C20H16F3NO3/c21-14-6-7-15(20(23)19(14)22)24-18(25)10-26-11-5-8-17-13(9-11)12-3-1-2-4-16(12)27-17/h5-9H,1-4,10H2,(H,24,25). The van der Waals surface area contributed by atoms with Gasteiger partial charge in [-0.3, -0.25) is 4.79 Å². The van der Waals surface area contributed by atoms with Crippen LogP contribution in [0.15, 0.2) is 34.7 Å². The van der Waals surface area contributed by atoms with Crippen molar-refractivity contribution in [2.45, 2.75) is 25.7 Å². The Morgan fingerprint density at radius 2 is 1.89 bits per heavy atom. The molecule has 1 aliphatic carbocycles. The van der Waals surface area contributed by atoms with Gasteiger partial charge in [0.05, 0.1) is 5.69 Å². The summed E-state index contributed by atoms with van der Waals surface area (Å²) in [5.41, 5.74) is 1.51. The molecule has 3 aromatic rings. The second kappa shape index (κ2) is 6.98. The number of amides is 1. The fourth-order valence-electron chi connectivity index (χ4n) is 3.29. The molecular formula is C20H16F3NO3. The maximum Gasteiger partial charge on any atom is 0.262 e. The van der Waals surface area contributed by atoms with Crippen molar-refractivity contribution >= 4 is 22.6 Å². The number of anilines is 1. The predicted molar refractivity (Wildman–Crippen MR) is 93.3 cm³/mol. The third kappa shape index (κ3) is 3.37. The van der Waals surface area contributed by atoms with Crippen LogP contribution in [0.5, 0.6) is 5.75 Å². The molecule has 0 aliphatic heterocycles. The minimum absolute atomic E-state index is 0.399. The van der Waals surface area contributed by atoms with Gasteiger partial charge in [0.15, 0.2) is 24.1 Å². The lowest BCUT2D eigenvalue weighted by Crippen LogP contribution is -2.21. The van der Waals surface area contributed by atoms with E-state index in [-0.39, 0.29) is 0 Å². The molecule has 7 heteroatoms. The van der Waals surface area contributed by atoms with Crippen LogP contribution in [0.4, 0.5) is 18.9 Å². The van der Waals surface area contributed by atoms with Crippen molar-refractivity contribution in [2.24, 2.45) is 0 Å². The van der Waals surface area contributed by atoms with Gasteiger partial charge < -0.3 is 14.5 Å². The molecule has 1 heterocycles. The molecule has 0 fully saturated rings. The van der Waals surface area contributed by atoms with E-state index >= 15 is 0 Å². The van der Waals surface area contributed by atoms with E-state index in [2.05, 4.69) is 5.32 Å². The number of carbonyl (C=O) groups excluding carboxylic acids is 1. The molecule has 0 radical (unpaired) electrons. The number of fused-ring (bicyclic) bond motifs is 3. The summed E-state index contributed by atoms with van der Waals surface area (Å²) in [5, 5.41) is 3.13. The Labute approximate surface area is 152 Å². The van der Waals surface area contributed by atoms with Crippen molar-refractivity contribution in [3.05, 3.63) is 59.1 Å². The molecule has 1 amide bonds. The topological polar surface area (TPSA) is 51.5 Å². The third-order valence-electron chi connectivity index (χ3n) is 4.61. The normalized spacial score (nSPS) is 13.4. The van der Waals surface area contributed by atoms with Crippen LogP contribution in [0.3, 0.4) is 0 Å². The highest BCUT2D eigenvalue weighted by Gasteiger charge is 2.19. The first-order chi connectivity index (χ1) is 13.0. The van der Waals surface area contributed by atoms with E-state index in [1.165, 1.54) is 5.56 Å². The maximum absolute atomic E-state index is 13.6. The van der Waals surface area contributed by atoms with Gasteiger partial charge in [-0.25, -0.2) is 13.2 Å². The number of halogens is 3. The number of ether oxygens (including phenoxy) is 1. The molecule has 4 rings (SSSR count). The van der Waals surface area contributed by atoms with Crippen LogP contribution in [0, 0.1) is 17.5 Å². The van der Waals surface area contributed by atoms with Crippen LogP contribution in [-0.2, 0) is 17.6 Å². The average molecular weight is 375 g/mol. The van der Waals surface area contributed by atoms with Gasteiger partial charge >= 0.3 is 0 Å². The Morgan fingerprint density at radius 1 is 1.07 bits per heavy atom. The van der Waals surface area contributed by atoms with Crippen LogP contribution >= 0.6 is 0 Å². The van der Waals surface area contributed by atoms with Gasteiger partial charge in [0.25, 0.3) is 5.91 Å². The molecule has 0 bridgehead atoms. The summed E-state index contributed by atoms with van der Waals surface area (Å²) >= 11 is 0. The maximum atomic E-state index is 13.6. The molecule has 0 saturated carbocycles. The minimum atomic E-state index is -1.64. The summed E-state index contributed by atoms with van der Waals surface area (Å²) in [4.78, 5) is 11.9. The Morgan fingerprint density at radius 3 is 2.74 bits per heavy atom. The number of rotatable bonds is 4. The minimum Gasteiger partial charge on any atom is -0.484 e. The van der Waals surface area contributed by atoms with E-state index < -0.39 is 35.7 Å². The summed E-state index contributed by atoms with van der Waals surface area (Å²) in [6.45, 7) is -0.399. The van der Waals surface area contributed by atoms with Crippen molar-refractivity contribution in [1.82, 2.24) is 0 Å². The van der Waals surface area contributed by atoms with Gasteiger partial charge in [-0.05, 0) is 49.6 Å². The van der Waals surface area contributed by atoms with Gasteiger partial charge in [0, 0.05) is 17.4 Å². The van der Waals surface area contributed by atoms with Crippen molar-refractivity contribution in [3.8, 4) is 5.75 Å². The molecule has 1 N–H and O–H groups in total. The summed E-state index contributed by atoms with van der Waals surface area (Å²) in [7, 11) is 0. The van der Waals surface area contributed by atoms with E-state index in [4.69, 9.17) is 9.15 Å². The van der Waals surface area contributed by atoms with Crippen LogP contribution in [0.25, 0.3) is 11.0 Å². The first-order valence-electron chi connectivity index (χ1n) is 8.63. The molecule has 1 aliphatic rings. The fourth-order valence-corrected chi connectivity index (χ4v) is 3.29. The number of benzene rings is 2. The van der Waals surface area contributed by atoms with Crippen LogP contribution in [-0.4, -0.2) is 12.5 Å². The first kappa shape index (κ1) is 17.5. The lowest BCUT2D eigenvalue weighted by atomic mass is 9.96. The monoisotopic (exact) mass is 375 g/mol. The number of hydrogen-bond donors (Lipinski definition) is 1. The number of aryl methyl sites for hydroxylation is 2. The highest BCUT2D eigenvalue weighted by Crippen LogP contribution is 2.34. The zero-order chi connectivity index (χ0) is 19.0. The smallest absolute Gasteiger partial charge is 0.262 e. The summed E-state index contributed by atoms with van der Waals surface area (Å²) in [6, 6.07) is 6.98. The van der Waals surface area contributed by atoms with E-state index in [0.29, 0.717) is 5.75 Å². The number of furan rings is 1. The van der Waals surface area contributed by atoms with Crippen molar-refractivity contribution in [1.29, 1.82) is 0 Å². The van der Waals surface area contributed by atoms with Gasteiger partial charge in [-0.1, -0.05) is 0 Å². The Hall–Kier alpha value is -2.96. The number of nitrogens with one attached hydrogen (secondary N) is 1. The molecule has 0 saturated heterocycles. The zero-order valence-electron chi connectivity index (χ0n) is 14.3. The van der Waals surface area contributed by atoms with Crippen molar-refractivity contribution < 1.29 is 27.1 Å². The fraction of sp³-hybridized carbons (Fsp3) is 0.250. The molecule has 0 spiro atoms. The molecule has 0 unspecified atom stereocenters. The lowest BCUT2D eigenvalue weighted by Gasteiger charge is -2.10. The largest absolute Gasteiger partial charge is 0.484 e. The van der Waals surface area contributed by atoms with Crippen molar-refractivity contribution in [2.75, 3.05) is 11.9 Å². The molecule has 4 nitrogen and oxygen atoms in total. The second-order valence-electron chi connectivity index (χ2n) is 6.43. The van der Waals surface area contributed by atoms with Gasteiger partial charge in [0.1, 0.15) is 17.1 Å². The SMILES string of the molecule is O=C(COc1ccc2oc3c(c2c1)CCCC3)Nc1ccc(F)c(F)c1F. The molecule has 1 aromatic heterocycles. The Balaban J connectivity index is 1.45. The molecule has 27 heavy (non-hydrogen) atoms. The van der Waals surface area contributed by atoms with Crippen LogP contribution in [0.1, 0.15) is 24.2 Å². The lowest BCUT2D eigenvalue weighted by molar-refractivity contribution is -0.118. The van der Waals surface area contributed by atoms with E-state index in [1.54, 1.807) is 12.1 Å². The number of hydrogen-bond acceptors (Lipinski definition) is 3. The third-order valence-corrected chi connectivity index (χ3v) is 4.61. The Kier molecular flexibility index (Phi) is 4.51. The van der Waals surface area contributed by atoms with E-state index in [0.717, 1.165) is 54.5 Å². The molecular weight excluding hydrogens is 359 g/mol. The predicted octanol–water partition coefficient (Wildman–Crippen LogP) is 4.75. The zero-order valence-corrected chi connectivity index (χ0v) is 14.3. The molecule has 0 atom stereocenters. The van der Waals surface area contributed by atoms with Gasteiger partial charge in [0.2, 0.25) is 0 Å². The summed E-state index contributed by atoms with van der Waals surface area (Å²) in [5.74, 6) is -3.62. The van der Waals surface area contributed by atoms with Crippen molar-refractivity contribution in [3.63, 3.8) is 0 Å². The molecule has 140 valence electrons.